The minimum atomic E-state index is -0.556. The quantitative estimate of drug-likeness (QED) is 0.435. The molecule has 32 heavy (non-hydrogen) atoms. The highest BCUT2D eigenvalue weighted by Crippen LogP contribution is 2.25. The molecule has 0 aliphatic rings. The van der Waals surface area contributed by atoms with Crippen LogP contribution >= 0.6 is 11.8 Å². The number of nitrogens with zero attached hydrogens (tertiary/aromatic N) is 2. The molecule has 0 spiro atoms. The van der Waals surface area contributed by atoms with Crippen LogP contribution in [0.1, 0.15) is 34.1 Å². The molecule has 0 saturated carbocycles. The Morgan fingerprint density at radius 2 is 1.94 bits per heavy atom. The molecule has 9 nitrogen and oxygen atoms in total. The van der Waals surface area contributed by atoms with Crippen LogP contribution in [0.25, 0.3) is 0 Å². The molecule has 0 fully saturated rings. The molecule has 0 aliphatic carbocycles. The summed E-state index contributed by atoms with van der Waals surface area (Å²) in [7, 11) is 1.50. The van der Waals surface area contributed by atoms with Crippen molar-refractivity contribution in [2.75, 3.05) is 31.3 Å². The predicted octanol–water partition coefficient (Wildman–Crippen LogP) is 2.60. The Kier molecular flexibility index (Phi) is 9.04. The van der Waals surface area contributed by atoms with Crippen molar-refractivity contribution in [1.82, 2.24) is 10.3 Å². The molecule has 0 bridgehead atoms. The number of anilines is 1. The van der Waals surface area contributed by atoms with Crippen molar-refractivity contribution in [3.8, 4) is 11.8 Å². The number of thioether (sulfide) groups is 1. The fourth-order valence-electron chi connectivity index (χ4n) is 2.67. The van der Waals surface area contributed by atoms with Gasteiger partial charge in [0.1, 0.15) is 16.8 Å². The van der Waals surface area contributed by atoms with Gasteiger partial charge in [0.15, 0.2) is 0 Å². The van der Waals surface area contributed by atoms with Crippen LogP contribution in [0.3, 0.4) is 0 Å². The van der Waals surface area contributed by atoms with E-state index in [0.717, 1.165) is 17.3 Å². The molecule has 0 aliphatic heterocycles. The summed E-state index contributed by atoms with van der Waals surface area (Å²) < 4.78 is 10.2. The first-order valence-corrected chi connectivity index (χ1v) is 10.7. The number of benzene rings is 1. The highest BCUT2D eigenvalue weighted by Gasteiger charge is 2.17. The number of esters is 1. The molecule has 2 rings (SSSR count). The van der Waals surface area contributed by atoms with Crippen LogP contribution in [0.5, 0.6) is 5.75 Å². The minimum Gasteiger partial charge on any atom is -0.495 e. The Balaban J connectivity index is 1.94. The Morgan fingerprint density at radius 1 is 1.19 bits per heavy atom. The van der Waals surface area contributed by atoms with Crippen LogP contribution in [0, 0.1) is 25.2 Å². The topological polar surface area (TPSA) is 130 Å². The molecular weight excluding hydrogens is 432 g/mol. The summed E-state index contributed by atoms with van der Waals surface area (Å²) in [6, 6.07) is 8.76. The molecule has 0 atom stereocenters. The maximum Gasteiger partial charge on any atom is 0.340 e. The molecule has 2 aromatic rings. The minimum absolute atomic E-state index is 0.0546. The number of nitrogens with one attached hydrogen (secondary N) is 2. The Hall–Kier alpha value is -3.58. The van der Waals surface area contributed by atoms with E-state index in [1.165, 1.54) is 13.2 Å². The van der Waals surface area contributed by atoms with E-state index in [0.29, 0.717) is 22.2 Å². The molecule has 1 aromatic heterocycles. The van der Waals surface area contributed by atoms with E-state index in [9.17, 15) is 19.6 Å². The summed E-state index contributed by atoms with van der Waals surface area (Å²) in [5.41, 5.74) is 2.24. The molecule has 2 N–H and O–H groups in total. The lowest BCUT2D eigenvalue weighted by Gasteiger charge is -2.12. The summed E-state index contributed by atoms with van der Waals surface area (Å²) in [5, 5.41) is 14.9. The van der Waals surface area contributed by atoms with Gasteiger partial charge in [-0.25, -0.2) is 9.78 Å². The zero-order chi connectivity index (χ0) is 23.7. The number of aryl methyl sites for hydroxylation is 2. The summed E-state index contributed by atoms with van der Waals surface area (Å²) in [5.74, 6) is -0.903. The number of hydrogen-bond donors (Lipinski definition) is 2. The van der Waals surface area contributed by atoms with Crippen molar-refractivity contribution in [2.24, 2.45) is 0 Å². The van der Waals surface area contributed by atoms with Gasteiger partial charge in [-0.15, -0.1) is 0 Å². The normalized spacial score (nSPS) is 10.1. The Bertz CT molecular complexity index is 1070. The van der Waals surface area contributed by atoms with Crippen molar-refractivity contribution in [3.05, 3.63) is 46.6 Å². The van der Waals surface area contributed by atoms with Gasteiger partial charge in [-0.2, -0.15) is 5.26 Å². The number of carbonyl (C=O) groups is 3. The highest BCUT2D eigenvalue weighted by atomic mass is 32.2. The van der Waals surface area contributed by atoms with Crippen LogP contribution in [-0.4, -0.2) is 48.8 Å². The number of aromatic nitrogens is 1. The van der Waals surface area contributed by atoms with E-state index in [1.54, 1.807) is 26.0 Å². The lowest BCUT2D eigenvalue weighted by Crippen LogP contribution is -2.34. The summed E-state index contributed by atoms with van der Waals surface area (Å²) in [6.45, 7) is 5.18. The first kappa shape index (κ1) is 24.7. The van der Waals surface area contributed by atoms with Gasteiger partial charge in [0.05, 0.1) is 48.5 Å². The highest BCUT2D eigenvalue weighted by molar-refractivity contribution is 8.00. The van der Waals surface area contributed by atoms with Gasteiger partial charge in [0.2, 0.25) is 11.8 Å². The third-order valence-corrected chi connectivity index (χ3v) is 5.20. The SMILES string of the molecule is CCOC(=O)c1cc(C#N)c(SCC(=O)NCC(=O)Nc2cc(C)ccc2OC)nc1C. The second kappa shape index (κ2) is 11.7. The van der Waals surface area contributed by atoms with Gasteiger partial charge >= 0.3 is 5.97 Å². The van der Waals surface area contributed by atoms with Gasteiger partial charge in [0.25, 0.3) is 0 Å². The standard InChI is InChI=1S/C22H24N4O5S/c1-5-31-22(29)16-9-15(10-23)21(25-14(16)3)32-12-20(28)24-11-19(27)26-17-8-13(2)6-7-18(17)30-4/h6-9H,5,11-12H2,1-4H3,(H,24,28)(H,26,27). The molecule has 1 heterocycles. The average Bonchev–Trinajstić information content (AvgIpc) is 2.76. The van der Waals surface area contributed by atoms with E-state index >= 15 is 0 Å². The zero-order valence-corrected chi connectivity index (χ0v) is 19.1. The number of pyridine rings is 1. The Morgan fingerprint density at radius 3 is 2.59 bits per heavy atom. The van der Waals surface area contributed by atoms with Crippen molar-refractivity contribution in [1.29, 1.82) is 5.26 Å². The summed E-state index contributed by atoms with van der Waals surface area (Å²) >= 11 is 1.04. The van der Waals surface area contributed by atoms with E-state index in [4.69, 9.17) is 9.47 Å². The van der Waals surface area contributed by atoms with Crippen LogP contribution < -0.4 is 15.4 Å². The molecule has 0 unspecified atom stereocenters. The molecular formula is C22H24N4O5S. The molecule has 0 radical (unpaired) electrons. The maximum absolute atomic E-state index is 12.2. The van der Waals surface area contributed by atoms with Crippen molar-refractivity contribution in [2.45, 2.75) is 25.8 Å². The van der Waals surface area contributed by atoms with E-state index in [-0.39, 0.29) is 30.0 Å². The summed E-state index contributed by atoms with van der Waals surface area (Å²) in [6.07, 6.45) is 0. The van der Waals surface area contributed by atoms with E-state index < -0.39 is 17.8 Å². The fraction of sp³-hybridized carbons (Fsp3) is 0.318. The first-order chi connectivity index (χ1) is 15.3. The second-order valence-corrected chi connectivity index (χ2v) is 7.59. The number of ether oxygens (including phenoxy) is 2. The van der Waals surface area contributed by atoms with Crippen molar-refractivity contribution >= 4 is 35.2 Å². The van der Waals surface area contributed by atoms with Crippen molar-refractivity contribution in [3.63, 3.8) is 0 Å². The van der Waals surface area contributed by atoms with Gasteiger partial charge in [-0.05, 0) is 44.5 Å². The van der Waals surface area contributed by atoms with Crippen LogP contribution in [-0.2, 0) is 14.3 Å². The zero-order valence-electron chi connectivity index (χ0n) is 18.3. The molecule has 0 saturated heterocycles. The summed E-state index contributed by atoms with van der Waals surface area (Å²) in [4.78, 5) is 40.6. The molecule has 2 amide bonds. The second-order valence-electron chi connectivity index (χ2n) is 6.62. The lowest BCUT2D eigenvalue weighted by atomic mass is 10.1. The van der Waals surface area contributed by atoms with Gasteiger partial charge in [-0.3, -0.25) is 9.59 Å². The number of amides is 2. The smallest absolute Gasteiger partial charge is 0.340 e. The average molecular weight is 457 g/mol. The van der Waals surface area contributed by atoms with Gasteiger partial charge in [0, 0.05) is 0 Å². The van der Waals surface area contributed by atoms with Crippen LogP contribution in [0.15, 0.2) is 29.3 Å². The van der Waals surface area contributed by atoms with Gasteiger partial charge in [-0.1, -0.05) is 17.8 Å². The number of methoxy groups -OCH3 is 1. The van der Waals surface area contributed by atoms with Gasteiger partial charge < -0.3 is 20.1 Å². The van der Waals surface area contributed by atoms with E-state index in [1.807, 2.05) is 19.1 Å². The first-order valence-electron chi connectivity index (χ1n) is 9.71. The molecule has 168 valence electrons. The number of nitriles is 1. The van der Waals surface area contributed by atoms with Crippen molar-refractivity contribution < 1.29 is 23.9 Å². The number of carbonyl (C=O) groups excluding carboxylic acids is 3. The number of rotatable bonds is 9. The maximum atomic E-state index is 12.2. The third kappa shape index (κ3) is 6.72. The Labute approximate surface area is 190 Å². The predicted molar refractivity (Wildman–Crippen MR) is 120 cm³/mol. The molecule has 10 heteroatoms. The number of hydrogen-bond acceptors (Lipinski definition) is 8. The van der Waals surface area contributed by atoms with Crippen LogP contribution in [0.4, 0.5) is 5.69 Å². The van der Waals surface area contributed by atoms with Crippen LogP contribution in [0.2, 0.25) is 0 Å². The molecule has 1 aromatic carbocycles. The lowest BCUT2D eigenvalue weighted by molar-refractivity contribution is -0.122. The monoisotopic (exact) mass is 456 g/mol. The fourth-order valence-corrected chi connectivity index (χ4v) is 3.50. The van der Waals surface area contributed by atoms with E-state index in [2.05, 4.69) is 15.6 Å². The third-order valence-electron chi connectivity index (χ3n) is 4.21. The largest absolute Gasteiger partial charge is 0.495 e.